The van der Waals surface area contributed by atoms with Crippen molar-refractivity contribution in [3.63, 3.8) is 0 Å². The Bertz CT molecular complexity index is 1300. The van der Waals surface area contributed by atoms with Gasteiger partial charge in [-0.25, -0.2) is 4.79 Å². The molecule has 4 saturated carbocycles. The molecule has 0 aliphatic heterocycles. The van der Waals surface area contributed by atoms with E-state index >= 15 is 0 Å². The van der Waals surface area contributed by atoms with Gasteiger partial charge in [-0.05, 0) is 133 Å². The molecule has 0 spiro atoms. The minimum atomic E-state index is -1.83. The van der Waals surface area contributed by atoms with Crippen molar-refractivity contribution >= 4 is 54.6 Å². The molecule has 0 aromatic carbocycles. The van der Waals surface area contributed by atoms with E-state index in [2.05, 4.69) is 240 Å². The molecule has 16 unspecified atom stereocenters. The van der Waals surface area contributed by atoms with Crippen molar-refractivity contribution in [1.29, 1.82) is 0 Å². The summed E-state index contributed by atoms with van der Waals surface area (Å²) >= 11 is 0. The number of aliphatic hydroxyl groups is 2. The van der Waals surface area contributed by atoms with Crippen molar-refractivity contribution in [2.75, 3.05) is 6.79 Å². The molecule has 75 heavy (non-hydrogen) atoms. The second kappa shape index (κ2) is 40.0. The number of carboxylic acid groups (broad SMARTS) is 2. The fourth-order valence-electron chi connectivity index (χ4n) is 15.3. The Kier molecular flexibility index (Phi) is 49.6. The molecule has 0 heterocycles. The average Bonchev–Trinajstić information content (AvgIpc) is 3.68. The molecule has 4 fully saturated rings. The van der Waals surface area contributed by atoms with Gasteiger partial charge >= 0.3 is 6.16 Å². The third-order valence-corrected chi connectivity index (χ3v) is 33.9. The Morgan fingerprint density at radius 2 is 0.400 bits per heavy atom. The van der Waals surface area contributed by atoms with Gasteiger partial charge in [0, 0.05) is 163 Å². The first-order valence-electron chi connectivity index (χ1n) is 28.8. The van der Waals surface area contributed by atoms with Crippen LogP contribution >= 0.6 is 0 Å². The summed E-state index contributed by atoms with van der Waals surface area (Å²) in [6.45, 7) is 82.8. The van der Waals surface area contributed by atoms with Gasteiger partial charge in [0.05, 0.1) is 0 Å². The van der Waals surface area contributed by atoms with Gasteiger partial charge in [0.1, 0.15) is 6.79 Å². The summed E-state index contributed by atoms with van der Waals surface area (Å²) in [6.07, 6.45) is 2.26. The van der Waals surface area contributed by atoms with Crippen LogP contribution in [0.2, 0.25) is 140 Å². The molecule has 0 aromatic heterocycles. The van der Waals surface area contributed by atoms with Crippen LogP contribution in [0.15, 0.2) is 12.2 Å². The first-order chi connectivity index (χ1) is 31.4. The summed E-state index contributed by atoms with van der Waals surface area (Å²) in [5.74, 6) is 15.1. The fraction of sp³-hybridized carbons (Fsp3) is 0.917. The van der Waals surface area contributed by atoms with E-state index in [0.29, 0.717) is 0 Å². The summed E-state index contributed by atoms with van der Waals surface area (Å²) in [6, 6.07) is 0. The SMILES string of the molecule is CC1C(C)C(C)C([Si](C)(C)C)C1C.CC1C(C)C(C)C([Si](C)(C)C)C1C.CC1C(C)C(C)C([Si](C)(C)C)C1C.CC1C(C)C(C)C([Si](C)(C)C)C1C.C[Si](C)(C)[C-]=CC=[C-][Si](C)(C)C.O=C(O)O.OCO.[Y].[Y].[Y].[Y]. The zero-order chi connectivity index (χ0) is 57.7. The predicted molar refractivity (Wildman–Crippen MR) is 337 cm³/mol. The van der Waals surface area contributed by atoms with Gasteiger partial charge in [0.25, 0.3) is 0 Å². The molecule has 16 atom stereocenters. The minimum Gasteiger partial charge on any atom is -0.450 e. The number of aliphatic hydroxyl groups excluding tert-OH is 1. The number of rotatable bonds is 7. The molecule has 4 rings (SSSR count). The average molecular weight is 1460 g/mol. The van der Waals surface area contributed by atoms with E-state index in [-0.39, 0.29) is 131 Å². The van der Waals surface area contributed by atoms with Crippen LogP contribution in [0.5, 0.6) is 0 Å². The van der Waals surface area contributed by atoms with Crippen molar-refractivity contribution in [2.45, 2.75) is 251 Å². The third-order valence-electron chi connectivity index (χ3n) is 19.6. The second-order valence-corrected chi connectivity index (χ2v) is 62.0. The van der Waals surface area contributed by atoms with E-state index in [9.17, 15) is 0 Å². The standard InChI is InChI=1S/4C12H26Si.C10H20Si2.CH2O3.CH4O2.4Y/c4*1-8-9(2)11(4)12(10(8)3)13(5,6)7;1-11(2,3)9-7-8-10-12(4,5)6;2-1(3)4;2-1-3;;;;/h4*8-12H,1-7H3;7-8H,1-6H3;(H2,2,3,4);2-3H,1H2;;;;/q;;;;-2;;;;;;. The Balaban J connectivity index is -0.000000147. The quantitative estimate of drug-likeness (QED) is 0.0881. The molecule has 4 radical (unpaired) electrons. The topological polar surface area (TPSA) is 98.0 Å². The largest absolute Gasteiger partial charge is 0.503 e. The summed E-state index contributed by atoms with van der Waals surface area (Å²) in [7, 11) is -5.97. The zero-order valence-electron chi connectivity index (χ0n) is 56.4. The predicted octanol–water partition coefficient (Wildman–Crippen LogP) is 19.6. The molecular formula is C60H130O5Si6Y4-2. The van der Waals surface area contributed by atoms with Crippen molar-refractivity contribution in [1.82, 2.24) is 0 Å². The van der Waals surface area contributed by atoms with E-state index in [0.717, 1.165) is 117 Å². The summed E-state index contributed by atoms with van der Waals surface area (Å²) in [5.41, 5.74) is 11.0. The Morgan fingerprint density at radius 3 is 0.453 bits per heavy atom. The van der Waals surface area contributed by atoms with Crippen LogP contribution in [0, 0.1) is 106 Å². The van der Waals surface area contributed by atoms with Gasteiger partial charge in [-0.3, -0.25) is 0 Å². The van der Waals surface area contributed by atoms with Crippen molar-refractivity contribution < 1.29 is 156 Å². The molecule has 0 amide bonds. The third kappa shape index (κ3) is 33.2. The van der Waals surface area contributed by atoms with Gasteiger partial charge in [-0.2, -0.15) is 0 Å². The van der Waals surface area contributed by atoms with Crippen LogP contribution in [-0.4, -0.2) is 81.8 Å². The van der Waals surface area contributed by atoms with Crippen LogP contribution in [-0.2, 0) is 131 Å². The maximum absolute atomic E-state index is 8.56. The Labute approximate surface area is 578 Å². The summed E-state index contributed by atoms with van der Waals surface area (Å²) in [5, 5.41) is 28.2. The smallest absolute Gasteiger partial charge is 0.450 e. The first kappa shape index (κ1) is 93.1. The normalized spacial score (nSPS) is 35.4. The monoisotopic (exact) mass is 1450 g/mol. The molecule has 4 aliphatic carbocycles. The number of hydrogen-bond acceptors (Lipinski definition) is 3. The van der Waals surface area contributed by atoms with Crippen molar-refractivity contribution in [2.24, 2.45) is 94.7 Å². The Morgan fingerprint density at radius 1 is 0.307 bits per heavy atom. The van der Waals surface area contributed by atoms with Gasteiger partial charge < -0.3 is 44.0 Å². The van der Waals surface area contributed by atoms with Crippen LogP contribution in [0.1, 0.15) is 111 Å². The number of allylic oxidation sites excluding steroid dienone is 2. The second-order valence-electron chi connectivity index (χ2n) is 30.9. The molecule has 15 heteroatoms. The van der Waals surface area contributed by atoms with E-state index in [1.165, 1.54) is 0 Å². The molecule has 4 N–H and O–H groups in total. The Hall–Kier alpha value is 4.39. The molecule has 4 aliphatic rings. The fourth-order valence-corrected chi connectivity index (χ4v) is 31.5. The van der Waals surface area contributed by atoms with Gasteiger partial charge in [0.15, 0.2) is 0 Å². The maximum atomic E-state index is 8.56. The van der Waals surface area contributed by atoms with Gasteiger partial charge in [-0.15, -0.1) is 0 Å². The van der Waals surface area contributed by atoms with Gasteiger partial charge in [0.2, 0.25) is 0 Å². The summed E-state index contributed by atoms with van der Waals surface area (Å²) < 4.78 is 0. The molecule has 0 bridgehead atoms. The van der Waals surface area contributed by atoms with E-state index in [4.69, 9.17) is 25.2 Å². The maximum Gasteiger partial charge on any atom is 0.503 e. The molecule has 0 aromatic rings. The molecule has 438 valence electrons. The number of hydrogen-bond donors (Lipinski definition) is 4. The van der Waals surface area contributed by atoms with Crippen LogP contribution in [0.25, 0.3) is 0 Å². The van der Waals surface area contributed by atoms with Gasteiger partial charge in [-0.1, -0.05) is 229 Å². The van der Waals surface area contributed by atoms with E-state index < -0.39 is 61.4 Å². The number of carbonyl (C=O) groups is 1. The summed E-state index contributed by atoms with van der Waals surface area (Å²) in [4.78, 5) is 8.56. The van der Waals surface area contributed by atoms with Crippen LogP contribution in [0.4, 0.5) is 4.79 Å². The molecule has 0 saturated heterocycles. The van der Waals surface area contributed by atoms with E-state index in [1.54, 1.807) is 0 Å². The van der Waals surface area contributed by atoms with E-state index in [1.807, 2.05) is 12.2 Å². The van der Waals surface area contributed by atoms with Crippen LogP contribution in [0.3, 0.4) is 0 Å². The van der Waals surface area contributed by atoms with Crippen LogP contribution < -0.4 is 0 Å². The first-order valence-corrected chi connectivity index (χ1v) is 50.1. The van der Waals surface area contributed by atoms with Crippen molar-refractivity contribution in [3.8, 4) is 0 Å². The molecule has 5 nitrogen and oxygen atoms in total. The van der Waals surface area contributed by atoms with Crippen molar-refractivity contribution in [3.05, 3.63) is 23.6 Å². The zero-order valence-corrected chi connectivity index (χ0v) is 73.8. The molecular weight excluding hydrogens is 1320 g/mol. The minimum absolute atomic E-state index is 0.